The van der Waals surface area contributed by atoms with E-state index in [0.29, 0.717) is 5.56 Å². The summed E-state index contributed by atoms with van der Waals surface area (Å²) in [4.78, 5) is 14.1. The van der Waals surface area contributed by atoms with Gasteiger partial charge in [-0.05, 0) is 45.0 Å². The number of carbonyl (C=O) groups is 1. The number of hydrogen-bond donors (Lipinski definition) is 1. The number of anilines is 1. The lowest BCUT2D eigenvalue weighted by Crippen LogP contribution is -2.49. The highest BCUT2D eigenvalue weighted by Crippen LogP contribution is 2.17. The summed E-state index contributed by atoms with van der Waals surface area (Å²) in [7, 11) is 3.93. The van der Waals surface area contributed by atoms with E-state index in [1.165, 1.54) is 0 Å². The van der Waals surface area contributed by atoms with Crippen LogP contribution in [-0.2, 0) is 0 Å². The van der Waals surface area contributed by atoms with Crippen molar-refractivity contribution in [3.63, 3.8) is 0 Å². The van der Waals surface area contributed by atoms with E-state index in [9.17, 15) is 4.79 Å². The van der Waals surface area contributed by atoms with Gasteiger partial charge < -0.3 is 10.2 Å². The smallest absolute Gasteiger partial charge is 0.251 e. The molecule has 1 amide bonds. The van der Waals surface area contributed by atoms with Gasteiger partial charge in [-0.1, -0.05) is 0 Å². The molecule has 1 atom stereocenters. The summed E-state index contributed by atoms with van der Waals surface area (Å²) in [5.41, 5.74) is 1.28. The van der Waals surface area contributed by atoms with Crippen molar-refractivity contribution in [1.29, 1.82) is 0 Å². The molecule has 0 aliphatic carbocycles. The Kier molecular flexibility index (Phi) is 4.63. The van der Waals surface area contributed by atoms with Crippen molar-refractivity contribution < 1.29 is 4.79 Å². The largest absolute Gasteiger partial charge is 0.378 e. The van der Waals surface area contributed by atoms with Gasteiger partial charge in [0.2, 0.25) is 0 Å². The maximum atomic E-state index is 12.1. The second-order valence-corrected chi connectivity index (χ2v) is 5.89. The van der Waals surface area contributed by atoms with Crippen molar-refractivity contribution in [2.75, 3.05) is 19.0 Å². The van der Waals surface area contributed by atoms with Gasteiger partial charge in [-0.2, -0.15) is 0 Å². The van der Waals surface area contributed by atoms with Crippen LogP contribution in [0.25, 0.3) is 0 Å². The third-order valence-corrected chi connectivity index (χ3v) is 3.62. The van der Waals surface area contributed by atoms with Crippen LogP contribution in [0.5, 0.6) is 0 Å². The Balaban J connectivity index is 2.79. The first-order valence-electron chi connectivity index (χ1n) is 5.98. The second-order valence-electron chi connectivity index (χ2n) is 5.23. The van der Waals surface area contributed by atoms with Crippen molar-refractivity contribution in [2.45, 2.75) is 31.7 Å². The van der Waals surface area contributed by atoms with Gasteiger partial charge >= 0.3 is 0 Å². The van der Waals surface area contributed by atoms with Gasteiger partial charge in [0.1, 0.15) is 0 Å². The third kappa shape index (κ3) is 3.64. The second kappa shape index (κ2) is 5.61. The standard InChI is InChI=1S/C14H21ClN2O/c1-10(15)14(2,3)16-13(18)11-6-8-12(9-7-11)17(4)5/h6-10H,1-5H3,(H,16,18). The SMILES string of the molecule is CC(Cl)C(C)(C)NC(=O)c1ccc(N(C)C)cc1. The number of nitrogens with zero attached hydrogens (tertiary/aromatic N) is 1. The molecule has 0 heterocycles. The molecule has 1 N–H and O–H groups in total. The molecule has 1 aromatic rings. The minimum atomic E-state index is -0.432. The van der Waals surface area contributed by atoms with Crippen LogP contribution < -0.4 is 10.2 Å². The third-order valence-electron chi connectivity index (χ3n) is 3.08. The van der Waals surface area contributed by atoms with E-state index >= 15 is 0 Å². The predicted octanol–water partition coefficient (Wildman–Crippen LogP) is 2.89. The zero-order valence-corrected chi connectivity index (χ0v) is 12.4. The molecule has 3 nitrogen and oxygen atoms in total. The van der Waals surface area contributed by atoms with Crippen LogP contribution >= 0.6 is 11.6 Å². The zero-order chi connectivity index (χ0) is 13.9. The summed E-state index contributed by atoms with van der Waals surface area (Å²) in [6.45, 7) is 5.70. The molecule has 0 spiro atoms. The van der Waals surface area contributed by atoms with E-state index in [1.807, 2.05) is 64.0 Å². The molecular weight excluding hydrogens is 248 g/mol. The zero-order valence-electron chi connectivity index (χ0n) is 11.6. The Morgan fingerprint density at radius 3 is 2.17 bits per heavy atom. The lowest BCUT2D eigenvalue weighted by atomic mass is 10.0. The fourth-order valence-corrected chi connectivity index (χ4v) is 1.43. The normalized spacial score (nSPS) is 13.0. The van der Waals surface area contributed by atoms with Crippen LogP contribution in [0.2, 0.25) is 0 Å². The van der Waals surface area contributed by atoms with E-state index in [-0.39, 0.29) is 11.3 Å². The number of hydrogen-bond acceptors (Lipinski definition) is 2. The average Bonchev–Trinajstić information content (AvgIpc) is 2.28. The van der Waals surface area contributed by atoms with Gasteiger partial charge in [0.05, 0.1) is 10.9 Å². The van der Waals surface area contributed by atoms with Gasteiger partial charge in [0.15, 0.2) is 0 Å². The number of alkyl halides is 1. The molecule has 0 aliphatic heterocycles. The molecular formula is C14H21ClN2O. The Hall–Kier alpha value is -1.22. The molecule has 0 bridgehead atoms. The van der Waals surface area contributed by atoms with E-state index in [4.69, 9.17) is 11.6 Å². The quantitative estimate of drug-likeness (QED) is 0.852. The topological polar surface area (TPSA) is 32.3 Å². The van der Waals surface area contributed by atoms with E-state index in [2.05, 4.69) is 5.32 Å². The molecule has 1 unspecified atom stereocenters. The van der Waals surface area contributed by atoms with E-state index in [1.54, 1.807) is 0 Å². The lowest BCUT2D eigenvalue weighted by molar-refractivity contribution is 0.0912. The predicted molar refractivity (Wildman–Crippen MR) is 77.6 cm³/mol. The van der Waals surface area contributed by atoms with Crippen molar-refractivity contribution in [2.24, 2.45) is 0 Å². The number of rotatable bonds is 4. The highest BCUT2D eigenvalue weighted by molar-refractivity contribution is 6.21. The molecule has 0 radical (unpaired) electrons. The number of nitrogens with one attached hydrogen (secondary N) is 1. The molecule has 4 heteroatoms. The van der Waals surface area contributed by atoms with Crippen LogP contribution in [-0.4, -0.2) is 30.9 Å². The minimum Gasteiger partial charge on any atom is -0.378 e. The molecule has 1 rings (SSSR count). The van der Waals surface area contributed by atoms with Gasteiger partial charge in [-0.25, -0.2) is 0 Å². The summed E-state index contributed by atoms with van der Waals surface area (Å²) in [6.07, 6.45) is 0. The van der Waals surface area contributed by atoms with Crippen molar-refractivity contribution in [1.82, 2.24) is 5.32 Å². The highest BCUT2D eigenvalue weighted by atomic mass is 35.5. The number of carbonyl (C=O) groups excluding carboxylic acids is 1. The number of benzene rings is 1. The number of amides is 1. The highest BCUT2D eigenvalue weighted by Gasteiger charge is 2.26. The van der Waals surface area contributed by atoms with Crippen LogP contribution in [0.1, 0.15) is 31.1 Å². The van der Waals surface area contributed by atoms with Crippen LogP contribution in [0, 0.1) is 0 Å². The molecule has 0 aromatic heterocycles. The minimum absolute atomic E-state index is 0.0993. The molecule has 0 aliphatic rings. The first-order chi connectivity index (χ1) is 8.24. The first kappa shape index (κ1) is 14.8. The Morgan fingerprint density at radius 1 is 1.28 bits per heavy atom. The van der Waals surface area contributed by atoms with E-state index < -0.39 is 5.54 Å². The number of halogens is 1. The van der Waals surface area contributed by atoms with Crippen LogP contribution in [0.15, 0.2) is 24.3 Å². The first-order valence-corrected chi connectivity index (χ1v) is 6.41. The lowest BCUT2D eigenvalue weighted by Gasteiger charge is -2.29. The monoisotopic (exact) mass is 268 g/mol. The summed E-state index contributed by atoms with van der Waals surface area (Å²) in [6, 6.07) is 7.48. The molecule has 0 fully saturated rings. The fraction of sp³-hybridized carbons (Fsp3) is 0.500. The average molecular weight is 269 g/mol. The Labute approximate surface area is 114 Å². The van der Waals surface area contributed by atoms with Gasteiger partial charge in [-0.15, -0.1) is 11.6 Å². The molecule has 18 heavy (non-hydrogen) atoms. The van der Waals surface area contributed by atoms with Crippen molar-refractivity contribution in [3.8, 4) is 0 Å². The van der Waals surface area contributed by atoms with Crippen molar-refractivity contribution >= 4 is 23.2 Å². The van der Waals surface area contributed by atoms with Crippen LogP contribution in [0.4, 0.5) is 5.69 Å². The maximum Gasteiger partial charge on any atom is 0.251 e. The molecule has 100 valence electrons. The molecule has 0 saturated carbocycles. The summed E-state index contributed by atoms with van der Waals surface area (Å²) in [5, 5.41) is 2.80. The summed E-state index contributed by atoms with van der Waals surface area (Å²) >= 11 is 6.05. The molecule has 0 saturated heterocycles. The van der Waals surface area contributed by atoms with E-state index in [0.717, 1.165) is 5.69 Å². The summed E-state index contributed by atoms with van der Waals surface area (Å²) in [5.74, 6) is -0.0993. The van der Waals surface area contributed by atoms with Gasteiger partial charge in [0, 0.05) is 25.3 Å². The molecule has 1 aromatic carbocycles. The van der Waals surface area contributed by atoms with Crippen LogP contribution in [0.3, 0.4) is 0 Å². The Morgan fingerprint density at radius 2 is 1.78 bits per heavy atom. The maximum absolute atomic E-state index is 12.1. The van der Waals surface area contributed by atoms with Gasteiger partial charge in [-0.3, -0.25) is 4.79 Å². The summed E-state index contributed by atoms with van der Waals surface area (Å²) < 4.78 is 0. The van der Waals surface area contributed by atoms with Gasteiger partial charge in [0.25, 0.3) is 5.91 Å². The Bertz CT molecular complexity index is 410. The fourth-order valence-electron chi connectivity index (χ4n) is 1.38. The van der Waals surface area contributed by atoms with Crippen molar-refractivity contribution in [3.05, 3.63) is 29.8 Å².